The highest BCUT2D eigenvalue weighted by atomic mass is 16.1. The Morgan fingerprint density at radius 3 is 2.26 bits per heavy atom. The normalized spacial score (nSPS) is 10.3. The van der Waals surface area contributed by atoms with Gasteiger partial charge in [-0.1, -0.05) is 35.9 Å². The molecule has 0 aromatic heterocycles. The highest BCUT2D eigenvalue weighted by Crippen LogP contribution is 2.14. The molecule has 2 rings (SSSR count). The van der Waals surface area contributed by atoms with Crippen molar-refractivity contribution in [3.05, 3.63) is 64.7 Å². The van der Waals surface area contributed by atoms with Crippen molar-refractivity contribution in [1.29, 1.82) is 0 Å². The lowest BCUT2D eigenvalue weighted by molar-refractivity contribution is -0.115. The Balaban J connectivity index is 2.01. The van der Waals surface area contributed by atoms with Crippen LogP contribution in [0.4, 0.5) is 5.69 Å². The van der Waals surface area contributed by atoms with E-state index >= 15 is 0 Å². The van der Waals surface area contributed by atoms with Gasteiger partial charge in [0.15, 0.2) is 0 Å². The molecule has 2 aromatic rings. The Morgan fingerprint density at radius 2 is 1.63 bits per heavy atom. The monoisotopic (exact) mass is 253 g/mol. The number of benzene rings is 2. The summed E-state index contributed by atoms with van der Waals surface area (Å²) in [5, 5.41) is 2.93. The molecule has 0 saturated heterocycles. The fourth-order valence-corrected chi connectivity index (χ4v) is 1.92. The van der Waals surface area contributed by atoms with E-state index in [0.29, 0.717) is 6.42 Å². The molecule has 1 N–H and O–H groups in total. The van der Waals surface area contributed by atoms with Gasteiger partial charge in [-0.25, -0.2) is 0 Å². The average molecular weight is 253 g/mol. The standard InChI is InChI=1S/C17H19NO/c1-12-4-7-15(8-5-12)11-17(19)18-16-9-6-13(2)14(3)10-16/h4-10H,11H2,1-3H3,(H,18,19). The second kappa shape index (κ2) is 5.70. The van der Waals surface area contributed by atoms with E-state index in [1.165, 1.54) is 16.7 Å². The van der Waals surface area contributed by atoms with Crippen molar-refractivity contribution in [3.8, 4) is 0 Å². The molecule has 0 fully saturated rings. The van der Waals surface area contributed by atoms with Gasteiger partial charge in [0.05, 0.1) is 6.42 Å². The number of aryl methyl sites for hydroxylation is 3. The number of rotatable bonds is 3. The van der Waals surface area contributed by atoms with Gasteiger partial charge in [0.25, 0.3) is 0 Å². The van der Waals surface area contributed by atoms with E-state index in [9.17, 15) is 4.79 Å². The molecule has 0 saturated carbocycles. The number of nitrogens with one attached hydrogen (secondary N) is 1. The van der Waals surface area contributed by atoms with Gasteiger partial charge in [0.1, 0.15) is 0 Å². The summed E-state index contributed by atoms with van der Waals surface area (Å²) >= 11 is 0. The molecule has 0 unspecified atom stereocenters. The van der Waals surface area contributed by atoms with Gasteiger partial charge in [0.2, 0.25) is 5.91 Å². The lowest BCUT2D eigenvalue weighted by Crippen LogP contribution is -2.14. The molecular formula is C17H19NO. The van der Waals surface area contributed by atoms with Crippen LogP contribution in [0.3, 0.4) is 0 Å². The number of carbonyl (C=O) groups excluding carboxylic acids is 1. The number of anilines is 1. The molecule has 0 spiro atoms. The van der Waals surface area contributed by atoms with E-state index in [1.54, 1.807) is 0 Å². The molecule has 2 nitrogen and oxygen atoms in total. The molecule has 0 aliphatic heterocycles. The number of carbonyl (C=O) groups is 1. The predicted molar refractivity (Wildman–Crippen MR) is 79.4 cm³/mol. The van der Waals surface area contributed by atoms with Crippen LogP contribution in [-0.4, -0.2) is 5.91 Å². The van der Waals surface area contributed by atoms with Crippen LogP contribution >= 0.6 is 0 Å². The Morgan fingerprint density at radius 1 is 0.947 bits per heavy atom. The molecule has 0 radical (unpaired) electrons. The van der Waals surface area contributed by atoms with Crippen LogP contribution in [0.1, 0.15) is 22.3 Å². The minimum Gasteiger partial charge on any atom is -0.326 e. The lowest BCUT2D eigenvalue weighted by Gasteiger charge is -2.08. The molecule has 0 aliphatic carbocycles. The second-order valence-electron chi connectivity index (χ2n) is 5.01. The molecular weight excluding hydrogens is 234 g/mol. The van der Waals surface area contributed by atoms with Crippen LogP contribution in [0.15, 0.2) is 42.5 Å². The Kier molecular flexibility index (Phi) is 4.00. The van der Waals surface area contributed by atoms with E-state index in [1.807, 2.05) is 56.3 Å². The van der Waals surface area contributed by atoms with Crippen molar-refractivity contribution in [2.75, 3.05) is 5.32 Å². The van der Waals surface area contributed by atoms with Crippen molar-refractivity contribution < 1.29 is 4.79 Å². The summed E-state index contributed by atoms with van der Waals surface area (Å²) in [6, 6.07) is 14.0. The van der Waals surface area contributed by atoms with Gasteiger partial charge in [-0.2, -0.15) is 0 Å². The van der Waals surface area contributed by atoms with Gasteiger partial charge in [0, 0.05) is 5.69 Å². The van der Waals surface area contributed by atoms with E-state index in [4.69, 9.17) is 0 Å². The average Bonchev–Trinajstić information content (AvgIpc) is 2.37. The quantitative estimate of drug-likeness (QED) is 0.885. The smallest absolute Gasteiger partial charge is 0.228 e. The largest absolute Gasteiger partial charge is 0.326 e. The topological polar surface area (TPSA) is 29.1 Å². The first-order valence-corrected chi connectivity index (χ1v) is 6.47. The highest BCUT2D eigenvalue weighted by Gasteiger charge is 2.04. The Hall–Kier alpha value is -2.09. The molecule has 2 heteroatoms. The van der Waals surface area contributed by atoms with Gasteiger partial charge in [-0.3, -0.25) is 4.79 Å². The number of amides is 1. The summed E-state index contributed by atoms with van der Waals surface area (Å²) in [4.78, 5) is 12.0. The summed E-state index contributed by atoms with van der Waals surface area (Å²) < 4.78 is 0. The van der Waals surface area contributed by atoms with E-state index in [0.717, 1.165) is 11.3 Å². The zero-order chi connectivity index (χ0) is 13.8. The lowest BCUT2D eigenvalue weighted by atomic mass is 10.1. The minimum atomic E-state index is 0.0205. The third kappa shape index (κ3) is 3.68. The third-order valence-electron chi connectivity index (χ3n) is 3.28. The maximum atomic E-state index is 12.0. The van der Waals surface area contributed by atoms with Crippen molar-refractivity contribution in [1.82, 2.24) is 0 Å². The van der Waals surface area contributed by atoms with Crippen LogP contribution in [-0.2, 0) is 11.2 Å². The molecule has 0 atom stereocenters. The molecule has 0 aliphatic rings. The molecule has 19 heavy (non-hydrogen) atoms. The van der Waals surface area contributed by atoms with Gasteiger partial charge >= 0.3 is 0 Å². The fraction of sp³-hybridized carbons (Fsp3) is 0.235. The van der Waals surface area contributed by atoms with Crippen molar-refractivity contribution in [2.24, 2.45) is 0 Å². The fourth-order valence-electron chi connectivity index (χ4n) is 1.92. The number of hydrogen-bond donors (Lipinski definition) is 1. The maximum absolute atomic E-state index is 12.0. The van der Waals surface area contributed by atoms with Crippen molar-refractivity contribution in [2.45, 2.75) is 27.2 Å². The van der Waals surface area contributed by atoms with Crippen molar-refractivity contribution >= 4 is 11.6 Å². The minimum absolute atomic E-state index is 0.0205. The summed E-state index contributed by atoms with van der Waals surface area (Å²) in [6.45, 7) is 6.15. The summed E-state index contributed by atoms with van der Waals surface area (Å²) in [5.74, 6) is 0.0205. The Labute approximate surface area is 114 Å². The van der Waals surface area contributed by atoms with E-state index in [2.05, 4.69) is 12.2 Å². The van der Waals surface area contributed by atoms with Crippen LogP contribution < -0.4 is 5.32 Å². The third-order valence-corrected chi connectivity index (χ3v) is 3.28. The van der Waals surface area contributed by atoms with Gasteiger partial charge in [-0.15, -0.1) is 0 Å². The first kappa shape index (κ1) is 13.3. The van der Waals surface area contributed by atoms with E-state index < -0.39 is 0 Å². The van der Waals surface area contributed by atoms with Gasteiger partial charge < -0.3 is 5.32 Å². The zero-order valence-electron chi connectivity index (χ0n) is 11.7. The van der Waals surface area contributed by atoms with E-state index in [-0.39, 0.29) is 5.91 Å². The SMILES string of the molecule is Cc1ccc(CC(=O)Nc2ccc(C)c(C)c2)cc1. The first-order chi connectivity index (χ1) is 9.04. The second-order valence-corrected chi connectivity index (χ2v) is 5.01. The predicted octanol–water partition coefficient (Wildman–Crippen LogP) is 3.79. The highest BCUT2D eigenvalue weighted by molar-refractivity contribution is 5.92. The molecule has 2 aromatic carbocycles. The maximum Gasteiger partial charge on any atom is 0.228 e. The summed E-state index contributed by atoms with van der Waals surface area (Å²) in [6.07, 6.45) is 0.410. The molecule has 0 bridgehead atoms. The summed E-state index contributed by atoms with van der Waals surface area (Å²) in [7, 11) is 0. The van der Waals surface area contributed by atoms with Crippen LogP contribution in [0.5, 0.6) is 0 Å². The first-order valence-electron chi connectivity index (χ1n) is 6.47. The van der Waals surface area contributed by atoms with Crippen LogP contribution in [0.2, 0.25) is 0 Å². The molecule has 0 heterocycles. The van der Waals surface area contributed by atoms with Crippen LogP contribution in [0.25, 0.3) is 0 Å². The zero-order valence-corrected chi connectivity index (χ0v) is 11.7. The van der Waals surface area contributed by atoms with Crippen LogP contribution in [0, 0.1) is 20.8 Å². The number of hydrogen-bond acceptors (Lipinski definition) is 1. The molecule has 1 amide bonds. The summed E-state index contributed by atoms with van der Waals surface area (Å²) in [5.41, 5.74) is 5.52. The van der Waals surface area contributed by atoms with Crippen molar-refractivity contribution in [3.63, 3.8) is 0 Å². The Bertz CT molecular complexity index is 585. The molecule has 98 valence electrons. The van der Waals surface area contributed by atoms with Gasteiger partial charge in [-0.05, 0) is 49.6 Å².